The topological polar surface area (TPSA) is 195 Å². The third-order valence-electron chi connectivity index (χ3n) is 6.59. The van der Waals surface area contributed by atoms with Crippen molar-refractivity contribution in [1.29, 1.82) is 0 Å². The molecule has 14 heteroatoms. The largest absolute Gasteiger partial charge is 0.491 e. The molecule has 0 aromatic heterocycles. The maximum atomic E-state index is 12.3. The number of sulfone groups is 2. The summed E-state index contributed by atoms with van der Waals surface area (Å²) in [6, 6.07) is 5.85. The number of benzene rings is 2. The highest BCUT2D eigenvalue weighted by Gasteiger charge is 2.35. The van der Waals surface area contributed by atoms with Crippen LogP contribution in [-0.4, -0.2) is 65.5 Å². The van der Waals surface area contributed by atoms with E-state index >= 15 is 0 Å². The summed E-state index contributed by atoms with van der Waals surface area (Å²) in [6.07, 6.45) is 1.12. The molecule has 218 valence electrons. The van der Waals surface area contributed by atoms with E-state index in [0.717, 1.165) is 5.56 Å². The van der Waals surface area contributed by atoms with Gasteiger partial charge in [0.25, 0.3) is 5.91 Å². The highest BCUT2D eigenvalue weighted by molar-refractivity contribution is 7.92. The third kappa shape index (κ3) is 5.92. The lowest BCUT2D eigenvalue weighted by molar-refractivity contribution is 0.0599. The van der Waals surface area contributed by atoms with Gasteiger partial charge in [0.05, 0.1) is 23.2 Å². The number of rotatable bonds is 4. The van der Waals surface area contributed by atoms with Crippen LogP contribution in [0, 0.1) is 0 Å². The molecule has 2 unspecified atom stereocenters. The molecule has 2 atom stereocenters. The normalized spacial score (nSPS) is 19.7. The molecule has 0 bridgehead atoms. The smallest absolute Gasteiger partial charge is 0.338 e. The van der Waals surface area contributed by atoms with Crippen LogP contribution in [0.3, 0.4) is 0 Å². The molecule has 0 saturated carbocycles. The Morgan fingerprint density at radius 2 is 1.27 bits per heavy atom. The van der Waals surface area contributed by atoms with Crippen molar-refractivity contribution < 1.29 is 40.6 Å². The van der Waals surface area contributed by atoms with Gasteiger partial charge in [-0.15, -0.1) is 0 Å². The maximum Gasteiger partial charge on any atom is 0.338 e. The number of aliphatic imine (C=N–C) groups is 1. The predicted octanol–water partition coefficient (Wildman–Crippen LogP) is 1.81. The first kappa shape index (κ1) is 30.9. The number of hydrogen-bond donors (Lipinski definition) is 2. The minimum absolute atomic E-state index is 0.00703. The Labute approximate surface area is 233 Å². The summed E-state index contributed by atoms with van der Waals surface area (Å²) in [4.78, 5) is 27.3. The SMILES string of the molecule is CCc1cc2c(cc1C(=O)N=C(N)N)S(=O)(=O)C(C)CO2.CCc1cc2c(cc1C(=O)OC)S(=O)(=O)C(C)CO2. The number of nitrogens with zero attached hydrogens (tertiary/aromatic N) is 1. The number of methoxy groups -OCH3 is 1. The van der Waals surface area contributed by atoms with Gasteiger partial charge in [-0.1, -0.05) is 13.8 Å². The summed E-state index contributed by atoms with van der Waals surface area (Å²) < 4.78 is 64.7. The molecule has 0 saturated heterocycles. The Balaban J connectivity index is 0.000000222. The number of carbonyl (C=O) groups excluding carboxylic acids is 2. The second-order valence-corrected chi connectivity index (χ2v) is 14.0. The van der Waals surface area contributed by atoms with E-state index in [2.05, 4.69) is 4.99 Å². The average Bonchev–Trinajstić information content (AvgIpc) is 2.91. The summed E-state index contributed by atoms with van der Waals surface area (Å²) in [5, 5.41) is -1.28. The van der Waals surface area contributed by atoms with Crippen molar-refractivity contribution in [1.82, 2.24) is 0 Å². The van der Waals surface area contributed by atoms with Gasteiger partial charge in [-0.25, -0.2) is 21.6 Å². The number of amides is 1. The number of nitrogens with two attached hydrogens (primary N) is 2. The Hall–Kier alpha value is -3.65. The molecule has 2 aliphatic rings. The fourth-order valence-corrected chi connectivity index (χ4v) is 6.89. The van der Waals surface area contributed by atoms with E-state index in [1.165, 1.54) is 19.2 Å². The van der Waals surface area contributed by atoms with Crippen molar-refractivity contribution in [3.8, 4) is 11.5 Å². The first-order chi connectivity index (χ1) is 18.7. The molecule has 0 spiro atoms. The average molecular weight is 596 g/mol. The van der Waals surface area contributed by atoms with Gasteiger partial charge in [0.15, 0.2) is 25.6 Å². The van der Waals surface area contributed by atoms with Crippen LogP contribution >= 0.6 is 0 Å². The standard InChI is InChI=1S/C13H17N3O4S.C13H16O5S/c1-3-8-4-10-11(21(18,19)7(2)6-20-10)5-9(8)12(17)16-13(14)15;1-4-9-5-11-12(6-10(9)13(14)17-3)19(15,16)8(2)7-18-11/h4-5,7H,3,6H2,1-2H3,(H4,14,15,16,17);5-6,8H,4,7H2,1-3H3. The molecule has 12 nitrogen and oxygen atoms in total. The number of guanidine groups is 1. The van der Waals surface area contributed by atoms with E-state index in [1.807, 2.05) is 13.8 Å². The lowest BCUT2D eigenvalue weighted by Crippen LogP contribution is -2.30. The molecule has 40 heavy (non-hydrogen) atoms. The molecule has 2 aromatic carbocycles. The summed E-state index contributed by atoms with van der Waals surface area (Å²) in [5.41, 5.74) is 12.2. The number of aryl methyl sites for hydroxylation is 2. The van der Waals surface area contributed by atoms with Crippen LogP contribution in [0.1, 0.15) is 59.5 Å². The van der Waals surface area contributed by atoms with Crippen LogP contribution in [0.15, 0.2) is 39.0 Å². The van der Waals surface area contributed by atoms with Crippen molar-refractivity contribution >= 4 is 37.5 Å². The van der Waals surface area contributed by atoms with Gasteiger partial charge in [-0.3, -0.25) is 4.79 Å². The quantitative estimate of drug-likeness (QED) is 0.297. The lowest BCUT2D eigenvalue weighted by Gasteiger charge is -2.24. The van der Waals surface area contributed by atoms with E-state index < -0.39 is 42.1 Å². The second-order valence-electron chi connectivity index (χ2n) is 9.29. The van der Waals surface area contributed by atoms with Gasteiger partial charge in [-0.05, 0) is 62.1 Å². The third-order valence-corrected chi connectivity index (χ3v) is 10.8. The zero-order chi connectivity index (χ0) is 30.0. The number of esters is 1. The van der Waals surface area contributed by atoms with Crippen molar-refractivity contribution in [3.63, 3.8) is 0 Å². The molecule has 1 amide bonds. The van der Waals surface area contributed by atoms with Gasteiger partial charge in [0.1, 0.15) is 34.5 Å². The summed E-state index contributed by atoms with van der Waals surface area (Å²) in [6.45, 7) is 7.10. The molecule has 4 N–H and O–H groups in total. The molecule has 0 radical (unpaired) electrons. The van der Waals surface area contributed by atoms with Crippen LogP contribution < -0.4 is 20.9 Å². The first-order valence-corrected chi connectivity index (χ1v) is 15.6. The fourth-order valence-electron chi connectivity index (χ4n) is 4.16. The molecule has 2 aliphatic heterocycles. The van der Waals surface area contributed by atoms with Crippen LogP contribution in [-0.2, 0) is 37.3 Å². The Morgan fingerprint density at radius 3 is 1.68 bits per heavy atom. The summed E-state index contributed by atoms with van der Waals surface area (Å²) in [5.74, 6) is -0.975. The Morgan fingerprint density at radius 1 is 0.850 bits per heavy atom. The highest BCUT2D eigenvalue weighted by atomic mass is 32.2. The van der Waals surface area contributed by atoms with Crippen molar-refractivity contribution in [2.45, 2.75) is 60.8 Å². The van der Waals surface area contributed by atoms with Gasteiger partial charge in [0, 0.05) is 5.56 Å². The lowest BCUT2D eigenvalue weighted by atomic mass is 10.0. The zero-order valence-corrected chi connectivity index (χ0v) is 24.5. The number of hydrogen-bond acceptors (Lipinski definition) is 9. The van der Waals surface area contributed by atoms with E-state index in [-0.39, 0.29) is 45.8 Å². The van der Waals surface area contributed by atoms with Crippen LogP contribution in [0.5, 0.6) is 11.5 Å². The van der Waals surface area contributed by atoms with Crippen LogP contribution in [0.25, 0.3) is 0 Å². The van der Waals surface area contributed by atoms with E-state index in [1.54, 1.807) is 26.0 Å². The van der Waals surface area contributed by atoms with Gasteiger partial charge >= 0.3 is 5.97 Å². The molecular weight excluding hydrogens is 562 g/mol. The zero-order valence-electron chi connectivity index (χ0n) is 22.9. The molecular formula is C26H33N3O9S2. The van der Waals surface area contributed by atoms with E-state index in [4.69, 9.17) is 25.7 Å². The van der Waals surface area contributed by atoms with Gasteiger partial charge in [-0.2, -0.15) is 4.99 Å². The molecule has 0 aliphatic carbocycles. The molecule has 4 rings (SSSR count). The molecule has 2 heterocycles. The van der Waals surface area contributed by atoms with E-state index in [0.29, 0.717) is 24.2 Å². The number of carbonyl (C=O) groups is 2. The van der Waals surface area contributed by atoms with E-state index in [9.17, 15) is 26.4 Å². The van der Waals surface area contributed by atoms with Crippen molar-refractivity contribution in [3.05, 3.63) is 46.5 Å². The summed E-state index contributed by atoms with van der Waals surface area (Å²) >= 11 is 0. The number of fused-ring (bicyclic) bond motifs is 2. The Kier molecular flexibility index (Phi) is 9.14. The summed E-state index contributed by atoms with van der Waals surface area (Å²) in [7, 11) is -5.69. The fraction of sp³-hybridized carbons (Fsp3) is 0.423. The highest BCUT2D eigenvalue weighted by Crippen LogP contribution is 2.36. The minimum atomic E-state index is -3.52. The predicted molar refractivity (Wildman–Crippen MR) is 147 cm³/mol. The van der Waals surface area contributed by atoms with Crippen molar-refractivity contribution in [2.24, 2.45) is 16.5 Å². The Bertz CT molecular complexity index is 1580. The minimum Gasteiger partial charge on any atom is -0.491 e. The van der Waals surface area contributed by atoms with Crippen LogP contribution in [0.2, 0.25) is 0 Å². The number of ether oxygens (including phenoxy) is 3. The van der Waals surface area contributed by atoms with Crippen LogP contribution in [0.4, 0.5) is 0 Å². The first-order valence-electron chi connectivity index (χ1n) is 12.5. The monoisotopic (exact) mass is 595 g/mol. The van der Waals surface area contributed by atoms with Gasteiger partial charge < -0.3 is 25.7 Å². The van der Waals surface area contributed by atoms with Gasteiger partial charge in [0.2, 0.25) is 0 Å². The van der Waals surface area contributed by atoms with Crippen molar-refractivity contribution in [2.75, 3.05) is 20.3 Å². The molecule has 0 fully saturated rings. The maximum absolute atomic E-state index is 12.3. The molecule has 2 aromatic rings. The second kappa shape index (κ2) is 11.8.